The summed E-state index contributed by atoms with van der Waals surface area (Å²) < 4.78 is 1.92. The van der Waals surface area contributed by atoms with Gasteiger partial charge in [0.05, 0.1) is 11.2 Å². The first-order valence-corrected chi connectivity index (χ1v) is 6.87. The number of benzene rings is 1. The lowest BCUT2D eigenvalue weighted by Gasteiger charge is -2.07. The van der Waals surface area contributed by atoms with E-state index >= 15 is 0 Å². The van der Waals surface area contributed by atoms with Crippen LogP contribution in [-0.4, -0.2) is 25.4 Å². The average molecular weight is 310 g/mol. The largest absolute Gasteiger partial charge is 0.494 e. The Labute approximate surface area is 130 Å². The van der Waals surface area contributed by atoms with Gasteiger partial charge in [0.2, 0.25) is 5.88 Å². The molecule has 0 amide bonds. The molecule has 7 nitrogen and oxygen atoms in total. The number of aromatic nitrogens is 3. The maximum absolute atomic E-state index is 12.1. The van der Waals surface area contributed by atoms with E-state index in [0.29, 0.717) is 5.69 Å². The van der Waals surface area contributed by atoms with E-state index in [0.717, 1.165) is 20.0 Å². The first-order valence-electron chi connectivity index (χ1n) is 6.87. The van der Waals surface area contributed by atoms with Gasteiger partial charge in [-0.25, -0.2) is 4.79 Å². The second-order valence-corrected chi connectivity index (χ2v) is 5.05. The van der Waals surface area contributed by atoms with Gasteiger partial charge in [-0.3, -0.25) is 23.9 Å². The van der Waals surface area contributed by atoms with Crippen molar-refractivity contribution in [3.05, 3.63) is 62.9 Å². The molecule has 2 aromatic heterocycles. The third-order valence-electron chi connectivity index (χ3n) is 3.62. The number of pyridine rings is 1. The molecular formula is C16H14N4O3. The Morgan fingerprint density at radius 1 is 1.13 bits per heavy atom. The molecule has 23 heavy (non-hydrogen) atoms. The first kappa shape index (κ1) is 14.7. The highest BCUT2D eigenvalue weighted by Crippen LogP contribution is 2.24. The summed E-state index contributed by atoms with van der Waals surface area (Å²) in [7, 11) is 2.74. The van der Waals surface area contributed by atoms with Crippen LogP contribution in [0.1, 0.15) is 5.56 Å². The molecule has 0 aliphatic rings. The first-order chi connectivity index (χ1) is 11.0. The predicted octanol–water partition coefficient (Wildman–Crippen LogP) is 1.09. The SMILES string of the molecule is Cn1c(O)c(C=Nc2cccc3ncccc23)c(=O)n(C)c1=O. The maximum atomic E-state index is 12.1. The molecular weight excluding hydrogens is 296 g/mol. The van der Waals surface area contributed by atoms with E-state index in [2.05, 4.69) is 9.98 Å². The highest BCUT2D eigenvalue weighted by atomic mass is 16.3. The Kier molecular flexibility index (Phi) is 3.53. The molecule has 3 rings (SSSR count). The zero-order chi connectivity index (χ0) is 16.6. The van der Waals surface area contributed by atoms with Crippen LogP contribution < -0.4 is 11.2 Å². The lowest BCUT2D eigenvalue weighted by atomic mass is 10.2. The highest BCUT2D eigenvalue weighted by molar-refractivity contribution is 5.93. The fourth-order valence-corrected chi connectivity index (χ4v) is 2.31. The summed E-state index contributed by atoms with van der Waals surface area (Å²) in [5.74, 6) is -0.416. The summed E-state index contributed by atoms with van der Waals surface area (Å²) in [6, 6.07) is 9.11. The number of rotatable bonds is 2. The third kappa shape index (κ3) is 2.42. The zero-order valence-corrected chi connectivity index (χ0v) is 12.6. The van der Waals surface area contributed by atoms with Gasteiger partial charge in [-0.2, -0.15) is 0 Å². The van der Waals surface area contributed by atoms with E-state index < -0.39 is 17.1 Å². The van der Waals surface area contributed by atoms with E-state index in [1.165, 1.54) is 20.3 Å². The van der Waals surface area contributed by atoms with Crippen LogP contribution in [0.2, 0.25) is 0 Å². The van der Waals surface area contributed by atoms with Crippen molar-refractivity contribution in [1.29, 1.82) is 0 Å². The molecule has 7 heteroatoms. The third-order valence-corrected chi connectivity index (χ3v) is 3.62. The summed E-state index contributed by atoms with van der Waals surface area (Å²) in [5.41, 5.74) is 0.146. The minimum Gasteiger partial charge on any atom is -0.494 e. The summed E-state index contributed by atoms with van der Waals surface area (Å²) in [5, 5.41) is 10.8. The minimum absolute atomic E-state index is 0.0458. The van der Waals surface area contributed by atoms with E-state index in [-0.39, 0.29) is 5.56 Å². The fraction of sp³-hybridized carbons (Fsp3) is 0.125. The molecule has 0 aliphatic heterocycles. The van der Waals surface area contributed by atoms with Gasteiger partial charge in [0.15, 0.2) is 0 Å². The molecule has 0 atom stereocenters. The van der Waals surface area contributed by atoms with Gasteiger partial charge in [0, 0.05) is 31.9 Å². The van der Waals surface area contributed by atoms with E-state index in [9.17, 15) is 14.7 Å². The molecule has 0 spiro atoms. The number of fused-ring (bicyclic) bond motifs is 1. The molecule has 0 bridgehead atoms. The van der Waals surface area contributed by atoms with Gasteiger partial charge in [-0.1, -0.05) is 6.07 Å². The number of aromatic hydroxyl groups is 1. The van der Waals surface area contributed by atoms with Crippen LogP contribution in [0.3, 0.4) is 0 Å². The maximum Gasteiger partial charge on any atom is 0.333 e. The van der Waals surface area contributed by atoms with Crippen molar-refractivity contribution in [1.82, 2.24) is 14.1 Å². The normalized spacial score (nSPS) is 11.4. The topological polar surface area (TPSA) is 89.5 Å². The summed E-state index contributed by atoms with van der Waals surface area (Å²) in [6.07, 6.45) is 2.95. The van der Waals surface area contributed by atoms with Gasteiger partial charge in [-0.15, -0.1) is 0 Å². The molecule has 0 radical (unpaired) electrons. The molecule has 3 aromatic rings. The van der Waals surface area contributed by atoms with Crippen LogP contribution in [0, 0.1) is 0 Å². The molecule has 0 aliphatic carbocycles. The lowest BCUT2D eigenvalue weighted by Crippen LogP contribution is -2.38. The second kappa shape index (κ2) is 5.53. The number of hydrogen-bond acceptors (Lipinski definition) is 5. The average Bonchev–Trinajstić information content (AvgIpc) is 2.58. The Morgan fingerprint density at radius 3 is 2.70 bits per heavy atom. The second-order valence-electron chi connectivity index (χ2n) is 5.05. The molecule has 0 unspecified atom stereocenters. The van der Waals surface area contributed by atoms with Gasteiger partial charge in [-0.05, 0) is 24.3 Å². The zero-order valence-electron chi connectivity index (χ0n) is 12.6. The lowest BCUT2D eigenvalue weighted by molar-refractivity contribution is 0.410. The van der Waals surface area contributed by atoms with E-state index in [4.69, 9.17) is 0 Å². The Hall–Kier alpha value is -3.22. The van der Waals surface area contributed by atoms with E-state index in [1.807, 2.05) is 12.1 Å². The van der Waals surface area contributed by atoms with Crippen molar-refractivity contribution in [2.24, 2.45) is 19.1 Å². The van der Waals surface area contributed by atoms with Gasteiger partial charge in [0.25, 0.3) is 5.56 Å². The van der Waals surface area contributed by atoms with Crippen LogP contribution >= 0.6 is 0 Å². The molecule has 0 saturated heterocycles. The van der Waals surface area contributed by atoms with Crippen molar-refractivity contribution in [2.45, 2.75) is 0 Å². The van der Waals surface area contributed by atoms with Crippen molar-refractivity contribution >= 4 is 22.8 Å². The van der Waals surface area contributed by atoms with Crippen LogP contribution in [0.15, 0.2) is 51.1 Å². The monoisotopic (exact) mass is 310 g/mol. The molecule has 1 N–H and O–H groups in total. The Morgan fingerprint density at radius 2 is 1.91 bits per heavy atom. The van der Waals surface area contributed by atoms with Gasteiger partial charge < -0.3 is 5.11 Å². The molecule has 116 valence electrons. The molecule has 0 saturated carbocycles. The quantitative estimate of drug-likeness (QED) is 0.717. The van der Waals surface area contributed by atoms with Gasteiger partial charge in [0.1, 0.15) is 5.56 Å². The fourth-order valence-electron chi connectivity index (χ4n) is 2.31. The smallest absolute Gasteiger partial charge is 0.333 e. The van der Waals surface area contributed by atoms with Crippen molar-refractivity contribution in [3.63, 3.8) is 0 Å². The summed E-state index contributed by atoms with van der Waals surface area (Å²) >= 11 is 0. The van der Waals surface area contributed by atoms with Gasteiger partial charge >= 0.3 is 5.69 Å². The standard InChI is InChI=1S/C16H14N4O3/c1-19-14(21)11(15(22)20(2)16(19)23)9-18-13-7-3-6-12-10(13)5-4-8-17-12/h3-9,21H,1-2H3. The number of hydrogen-bond donors (Lipinski definition) is 1. The Bertz CT molecular complexity index is 1040. The van der Waals surface area contributed by atoms with Crippen LogP contribution in [0.25, 0.3) is 10.9 Å². The van der Waals surface area contributed by atoms with Crippen LogP contribution in [0.5, 0.6) is 5.88 Å². The highest BCUT2D eigenvalue weighted by Gasteiger charge is 2.13. The van der Waals surface area contributed by atoms with Crippen LogP contribution in [-0.2, 0) is 14.1 Å². The number of aliphatic imine (C=N–C) groups is 1. The number of nitrogens with zero attached hydrogens (tertiary/aromatic N) is 4. The Balaban J connectivity index is 2.18. The van der Waals surface area contributed by atoms with Crippen molar-refractivity contribution in [3.8, 4) is 5.88 Å². The summed E-state index contributed by atoms with van der Waals surface area (Å²) in [4.78, 5) is 32.4. The minimum atomic E-state index is -0.604. The van der Waals surface area contributed by atoms with Crippen LogP contribution in [0.4, 0.5) is 5.69 Å². The molecule has 2 heterocycles. The van der Waals surface area contributed by atoms with E-state index in [1.54, 1.807) is 24.4 Å². The predicted molar refractivity (Wildman–Crippen MR) is 87.6 cm³/mol. The summed E-state index contributed by atoms with van der Waals surface area (Å²) in [6.45, 7) is 0. The van der Waals surface area contributed by atoms with Crippen molar-refractivity contribution < 1.29 is 5.11 Å². The molecule has 1 aromatic carbocycles. The molecule has 0 fully saturated rings. The van der Waals surface area contributed by atoms with Crippen molar-refractivity contribution in [2.75, 3.05) is 0 Å².